The van der Waals surface area contributed by atoms with Crippen molar-refractivity contribution in [1.29, 1.82) is 0 Å². The fourth-order valence-electron chi connectivity index (χ4n) is 2.65. The molecule has 2 heterocycles. The average molecular weight is 355 g/mol. The number of hydrogen-bond donors (Lipinski definition) is 1. The molecule has 0 radical (unpaired) electrons. The van der Waals surface area contributed by atoms with Crippen molar-refractivity contribution in [3.05, 3.63) is 24.2 Å². The Hall–Kier alpha value is -1.87. The molecule has 0 aromatic carbocycles. The Bertz CT molecular complexity index is 689. The van der Waals surface area contributed by atoms with Gasteiger partial charge in [-0.25, -0.2) is 8.42 Å². The highest BCUT2D eigenvalue weighted by atomic mass is 32.2. The zero-order valence-corrected chi connectivity index (χ0v) is 14.1. The Labute approximate surface area is 140 Å². The average Bonchev–Trinajstić information content (AvgIpc) is 3.29. The largest absolute Gasteiger partial charge is 0.459 e. The number of carbonyl (C=O) groups excluding carboxylic acids is 2. The van der Waals surface area contributed by atoms with Gasteiger partial charge in [-0.2, -0.15) is 4.31 Å². The van der Waals surface area contributed by atoms with Gasteiger partial charge in [-0.3, -0.25) is 9.59 Å². The van der Waals surface area contributed by atoms with Crippen LogP contribution < -0.4 is 5.32 Å². The van der Waals surface area contributed by atoms with Crippen molar-refractivity contribution >= 4 is 21.8 Å². The van der Waals surface area contributed by atoms with E-state index < -0.39 is 10.0 Å². The van der Waals surface area contributed by atoms with Crippen molar-refractivity contribution in [2.45, 2.75) is 12.8 Å². The maximum absolute atomic E-state index is 12.3. The monoisotopic (exact) mass is 355 g/mol. The van der Waals surface area contributed by atoms with Gasteiger partial charge in [0.25, 0.3) is 5.91 Å². The van der Waals surface area contributed by atoms with E-state index in [2.05, 4.69) is 5.32 Å². The quantitative estimate of drug-likeness (QED) is 0.768. The van der Waals surface area contributed by atoms with E-state index in [9.17, 15) is 18.0 Å². The Morgan fingerprint density at radius 3 is 2.50 bits per heavy atom. The van der Waals surface area contributed by atoms with E-state index in [4.69, 9.17) is 4.42 Å². The van der Waals surface area contributed by atoms with Gasteiger partial charge in [-0.1, -0.05) is 0 Å². The standard InChI is InChI=1S/C15H21N3O5S/c19-14(12-3-4-12)16-5-11-24(21,22)18-8-6-17(7-9-18)15(20)13-2-1-10-23-13/h1-2,10,12H,3-9,11H2,(H,16,19). The molecule has 1 N–H and O–H groups in total. The summed E-state index contributed by atoms with van der Waals surface area (Å²) < 4.78 is 31.1. The van der Waals surface area contributed by atoms with Crippen LogP contribution in [0, 0.1) is 5.92 Å². The van der Waals surface area contributed by atoms with E-state index in [1.807, 2.05) is 0 Å². The number of hydrogen-bond acceptors (Lipinski definition) is 5. The third kappa shape index (κ3) is 3.96. The van der Waals surface area contributed by atoms with Gasteiger partial charge in [-0.05, 0) is 25.0 Å². The Morgan fingerprint density at radius 2 is 1.92 bits per heavy atom. The molecule has 0 atom stereocenters. The molecule has 0 spiro atoms. The summed E-state index contributed by atoms with van der Waals surface area (Å²) in [5.74, 6) is -0.0665. The molecule has 0 unspecified atom stereocenters. The van der Waals surface area contributed by atoms with E-state index in [1.165, 1.54) is 10.6 Å². The van der Waals surface area contributed by atoms with Gasteiger partial charge >= 0.3 is 0 Å². The first kappa shape index (κ1) is 17.0. The van der Waals surface area contributed by atoms with Crippen LogP contribution in [0.3, 0.4) is 0 Å². The van der Waals surface area contributed by atoms with Gasteiger partial charge in [0.2, 0.25) is 15.9 Å². The van der Waals surface area contributed by atoms with Gasteiger partial charge in [0.15, 0.2) is 5.76 Å². The van der Waals surface area contributed by atoms with Crippen LogP contribution in [0.2, 0.25) is 0 Å². The van der Waals surface area contributed by atoms with Crippen molar-refractivity contribution in [3.8, 4) is 0 Å². The molecule has 2 amide bonds. The number of piperazine rings is 1. The minimum absolute atomic E-state index is 0.0564. The van der Waals surface area contributed by atoms with Crippen molar-refractivity contribution < 1.29 is 22.4 Å². The second-order valence-electron chi connectivity index (χ2n) is 6.05. The van der Waals surface area contributed by atoms with Gasteiger partial charge in [0.1, 0.15) is 0 Å². The third-order valence-corrected chi connectivity index (χ3v) is 6.13. The lowest BCUT2D eigenvalue weighted by molar-refractivity contribution is -0.122. The van der Waals surface area contributed by atoms with Crippen LogP contribution in [0.15, 0.2) is 22.8 Å². The SMILES string of the molecule is O=C(NCCS(=O)(=O)N1CCN(C(=O)c2ccco2)CC1)C1CC1. The fourth-order valence-corrected chi connectivity index (χ4v) is 3.99. The summed E-state index contributed by atoms with van der Waals surface area (Å²) >= 11 is 0. The molecule has 1 saturated carbocycles. The molecule has 0 bridgehead atoms. The number of rotatable bonds is 6. The summed E-state index contributed by atoms with van der Waals surface area (Å²) in [6.45, 7) is 1.29. The van der Waals surface area contributed by atoms with Gasteiger partial charge in [0, 0.05) is 38.6 Å². The lowest BCUT2D eigenvalue weighted by Crippen LogP contribution is -2.51. The lowest BCUT2D eigenvalue weighted by Gasteiger charge is -2.33. The third-order valence-electron chi connectivity index (χ3n) is 4.26. The Kier molecular flexibility index (Phi) is 4.91. The first-order valence-corrected chi connectivity index (χ1v) is 9.66. The van der Waals surface area contributed by atoms with Crippen LogP contribution in [0.1, 0.15) is 23.4 Å². The first-order chi connectivity index (χ1) is 11.5. The van der Waals surface area contributed by atoms with Crippen molar-refractivity contribution in [1.82, 2.24) is 14.5 Å². The summed E-state index contributed by atoms with van der Waals surface area (Å²) in [5, 5.41) is 2.66. The number of carbonyl (C=O) groups is 2. The summed E-state index contributed by atoms with van der Waals surface area (Å²) in [6.07, 6.45) is 3.22. The van der Waals surface area contributed by atoms with E-state index in [0.717, 1.165) is 12.8 Å². The first-order valence-electron chi connectivity index (χ1n) is 8.06. The summed E-state index contributed by atoms with van der Waals surface area (Å²) in [6, 6.07) is 3.23. The van der Waals surface area contributed by atoms with Crippen molar-refractivity contribution in [3.63, 3.8) is 0 Å². The van der Waals surface area contributed by atoms with Crippen LogP contribution in [0.5, 0.6) is 0 Å². The Morgan fingerprint density at radius 1 is 1.21 bits per heavy atom. The van der Waals surface area contributed by atoms with Crippen LogP contribution in [0.4, 0.5) is 0 Å². The lowest BCUT2D eigenvalue weighted by atomic mass is 10.3. The maximum atomic E-state index is 12.3. The molecule has 9 heteroatoms. The minimum Gasteiger partial charge on any atom is -0.459 e. The maximum Gasteiger partial charge on any atom is 0.289 e. The molecule has 2 aliphatic rings. The molecule has 1 aromatic rings. The summed E-state index contributed by atoms with van der Waals surface area (Å²) in [7, 11) is -3.43. The Balaban J connectivity index is 1.46. The number of nitrogens with one attached hydrogen (secondary N) is 1. The zero-order valence-electron chi connectivity index (χ0n) is 13.3. The van der Waals surface area contributed by atoms with Gasteiger partial charge in [0.05, 0.1) is 12.0 Å². The van der Waals surface area contributed by atoms with Crippen molar-refractivity contribution in [2.75, 3.05) is 38.5 Å². The van der Waals surface area contributed by atoms with Crippen LogP contribution in [-0.2, 0) is 14.8 Å². The van der Waals surface area contributed by atoms with Crippen LogP contribution >= 0.6 is 0 Å². The van der Waals surface area contributed by atoms with Gasteiger partial charge in [-0.15, -0.1) is 0 Å². The van der Waals surface area contributed by atoms with Crippen LogP contribution in [0.25, 0.3) is 0 Å². The molecule has 1 saturated heterocycles. The molecular weight excluding hydrogens is 334 g/mol. The zero-order chi connectivity index (χ0) is 17.2. The normalized spacial score (nSPS) is 19.2. The van der Waals surface area contributed by atoms with E-state index in [-0.39, 0.29) is 48.9 Å². The number of furan rings is 1. The second-order valence-corrected chi connectivity index (χ2v) is 8.14. The fraction of sp³-hybridized carbons (Fsp3) is 0.600. The number of sulfonamides is 1. The highest BCUT2D eigenvalue weighted by Crippen LogP contribution is 2.28. The predicted molar refractivity (Wildman–Crippen MR) is 85.7 cm³/mol. The minimum atomic E-state index is -3.43. The highest BCUT2D eigenvalue weighted by Gasteiger charge is 2.31. The molecule has 1 aromatic heterocycles. The van der Waals surface area contributed by atoms with E-state index in [1.54, 1.807) is 17.0 Å². The molecule has 8 nitrogen and oxygen atoms in total. The molecule has 3 rings (SSSR count). The molecule has 24 heavy (non-hydrogen) atoms. The summed E-state index contributed by atoms with van der Waals surface area (Å²) in [5.41, 5.74) is 0. The number of nitrogens with zero attached hydrogens (tertiary/aromatic N) is 2. The second kappa shape index (κ2) is 6.94. The molecule has 1 aliphatic heterocycles. The summed E-state index contributed by atoms with van der Waals surface area (Å²) in [4.78, 5) is 25.3. The van der Waals surface area contributed by atoms with E-state index >= 15 is 0 Å². The molecular formula is C15H21N3O5S. The molecule has 132 valence electrons. The smallest absolute Gasteiger partial charge is 0.289 e. The van der Waals surface area contributed by atoms with Gasteiger partial charge < -0.3 is 14.6 Å². The highest BCUT2D eigenvalue weighted by molar-refractivity contribution is 7.89. The van der Waals surface area contributed by atoms with E-state index in [0.29, 0.717) is 13.1 Å². The number of amides is 2. The topological polar surface area (TPSA) is 99.9 Å². The van der Waals surface area contributed by atoms with Crippen LogP contribution in [-0.4, -0.2) is 67.9 Å². The predicted octanol–water partition coefficient (Wildman–Crippen LogP) is -0.107. The molecule has 1 aliphatic carbocycles. The van der Waals surface area contributed by atoms with Crippen molar-refractivity contribution in [2.24, 2.45) is 5.92 Å². The molecule has 2 fully saturated rings.